The number of carbonyl (C=O) groups is 1. The molecule has 1 fully saturated rings. The Morgan fingerprint density at radius 1 is 1.29 bits per heavy atom. The predicted molar refractivity (Wildman–Crippen MR) is 79.5 cm³/mol. The molecule has 3 rings (SSSR count). The number of carboxylic acid groups (broad SMARTS) is 1. The number of aliphatic carboxylic acids is 1. The van der Waals surface area contributed by atoms with Gasteiger partial charge in [0.1, 0.15) is 11.8 Å². The van der Waals surface area contributed by atoms with Crippen molar-refractivity contribution in [3.8, 4) is 5.75 Å². The summed E-state index contributed by atoms with van der Waals surface area (Å²) in [4.78, 5) is 15.6. The van der Waals surface area contributed by atoms with Gasteiger partial charge in [0.05, 0.1) is 6.61 Å². The summed E-state index contributed by atoms with van der Waals surface area (Å²) in [5, 5.41) is 9.11. The van der Waals surface area contributed by atoms with Crippen LogP contribution in [0.2, 0.25) is 0 Å². The van der Waals surface area contributed by atoms with Crippen molar-refractivity contribution in [1.29, 1.82) is 0 Å². The second kappa shape index (κ2) is 6.03. The van der Waals surface area contributed by atoms with Gasteiger partial charge in [-0.25, -0.2) is 0 Å². The van der Waals surface area contributed by atoms with Crippen molar-refractivity contribution in [2.24, 2.45) is 0 Å². The van der Waals surface area contributed by atoms with E-state index in [-0.39, 0.29) is 0 Å². The second-order valence-corrected chi connectivity index (χ2v) is 5.78. The molecule has 1 aromatic rings. The van der Waals surface area contributed by atoms with Crippen LogP contribution in [-0.2, 0) is 4.79 Å². The van der Waals surface area contributed by atoms with E-state index in [9.17, 15) is 4.79 Å². The molecule has 0 bridgehead atoms. The molecule has 0 saturated carbocycles. The summed E-state index contributed by atoms with van der Waals surface area (Å²) in [5.74, 6) is 0.259. The molecule has 0 aromatic heterocycles. The lowest BCUT2D eigenvalue weighted by molar-refractivity contribution is -0.143. The van der Waals surface area contributed by atoms with E-state index in [2.05, 4.69) is 17.0 Å². The lowest BCUT2D eigenvalue weighted by Gasteiger charge is -2.42. The molecule has 1 saturated heterocycles. The van der Waals surface area contributed by atoms with Gasteiger partial charge in [-0.05, 0) is 13.0 Å². The van der Waals surface area contributed by atoms with Gasteiger partial charge in [-0.15, -0.1) is 0 Å². The Labute approximate surface area is 125 Å². The SMILES string of the molecule is CC(C(=O)O)N1CCN(C2CCOc3ccccc32)CC1. The maximum Gasteiger partial charge on any atom is 0.320 e. The molecule has 114 valence electrons. The first kappa shape index (κ1) is 14.4. The Kier molecular flexibility index (Phi) is 4.12. The van der Waals surface area contributed by atoms with Gasteiger partial charge in [0.2, 0.25) is 0 Å². The van der Waals surface area contributed by atoms with Crippen molar-refractivity contribution in [1.82, 2.24) is 9.80 Å². The van der Waals surface area contributed by atoms with Crippen molar-refractivity contribution in [2.45, 2.75) is 25.4 Å². The molecule has 5 heteroatoms. The quantitative estimate of drug-likeness (QED) is 0.916. The van der Waals surface area contributed by atoms with Gasteiger partial charge in [-0.3, -0.25) is 14.6 Å². The largest absolute Gasteiger partial charge is 0.493 e. The molecule has 2 aliphatic heterocycles. The molecule has 1 N–H and O–H groups in total. The summed E-state index contributed by atoms with van der Waals surface area (Å²) >= 11 is 0. The smallest absolute Gasteiger partial charge is 0.320 e. The van der Waals surface area contributed by atoms with Crippen LogP contribution in [0.4, 0.5) is 0 Å². The molecule has 2 aliphatic rings. The number of hydrogen-bond acceptors (Lipinski definition) is 4. The second-order valence-electron chi connectivity index (χ2n) is 5.78. The summed E-state index contributed by atoms with van der Waals surface area (Å²) in [7, 11) is 0. The number of rotatable bonds is 3. The zero-order valence-electron chi connectivity index (χ0n) is 12.4. The molecule has 2 atom stereocenters. The molecule has 0 spiro atoms. The van der Waals surface area contributed by atoms with Gasteiger partial charge in [-0.1, -0.05) is 18.2 Å². The van der Waals surface area contributed by atoms with E-state index in [0.717, 1.165) is 45.0 Å². The minimum Gasteiger partial charge on any atom is -0.493 e. The Morgan fingerprint density at radius 3 is 2.71 bits per heavy atom. The van der Waals surface area contributed by atoms with Crippen LogP contribution in [0, 0.1) is 0 Å². The van der Waals surface area contributed by atoms with Crippen LogP contribution in [0.25, 0.3) is 0 Å². The van der Waals surface area contributed by atoms with E-state index in [1.165, 1.54) is 5.56 Å². The summed E-state index contributed by atoms with van der Waals surface area (Å²) in [5.41, 5.74) is 1.27. The van der Waals surface area contributed by atoms with Crippen molar-refractivity contribution < 1.29 is 14.6 Å². The van der Waals surface area contributed by atoms with E-state index in [0.29, 0.717) is 6.04 Å². The number of carboxylic acids is 1. The van der Waals surface area contributed by atoms with Gasteiger partial charge in [0, 0.05) is 44.2 Å². The van der Waals surface area contributed by atoms with Crippen LogP contribution in [0.5, 0.6) is 5.75 Å². The Balaban J connectivity index is 1.67. The molecule has 2 heterocycles. The van der Waals surface area contributed by atoms with E-state index in [1.807, 2.05) is 17.0 Å². The van der Waals surface area contributed by atoms with Crippen molar-refractivity contribution in [2.75, 3.05) is 32.8 Å². The Bertz CT molecular complexity index is 512. The number of nitrogens with zero attached hydrogens (tertiary/aromatic N) is 2. The van der Waals surface area contributed by atoms with E-state index in [4.69, 9.17) is 9.84 Å². The van der Waals surface area contributed by atoms with Crippen LogP contribution in [0.3, 0.4) is 0 Å². The first-order valence-corrected chi connectivity index (χ1v) is 7.59. The third-order valence-electron chi connectivity index (χ3n) is 4.62. The van der Waals surface area contributed by atoms with E-state index >= 15 is 0 Å². The average Bonchev–Trinajstić information content (AvgIpc) is 2.53. The molecule has 0 aliphatic carbocycles. The van der Waals surface area contributed by atoms with Crippen LogP contribution in [0.1, 0.15) is 24.9 Å². The molecule has 0 radical (unpaired) electrons. The third kappa shape index (κ3) is 2.89. The average molecular weight is 290 g/mol. The predicted octanol–water partition coefficient (Wildman–Crippen LogP) is 1.60. The van der Waals surface area contributed by atoms with Crippen molar-refractivity contribution in [3.63, 3.8) is 0 Å². The fourth-order valence-electron chi connectivity index (χ4n) is 3.30. The molecule has 0 amide bonds. The third-order valence-corrected chi connectivity index (χ3v) is 4.62. The van der Waals surface area contributed by atoms with Gasteiger partial charge in [0.25, 0.3) is 0 Å². The maximum atomic E-state index is 11.1. The standard InChI is InChI=1S/C16H22N2O3/c1-12(16(19)20)17-7-9-18(10-8-17)14-6-11-21-15-5-3-2-4-13(14)15/h2-5,12,14H,6-11H2,1H3,(H,19,20). The Morgan fingerprint density at radius 2 is 2.00 bits per heavy atom. The number of fused-ring (bicyclic) bond motifs is 1. The lowest BCUT2D eigenvalue weighted by atomic mass is 9.98. The van der Waals surface area contributed by atoms with Crippen molar-refractivity contribution >= 4 is 5.97 Å². The molecule has 5 nitrogen and oxygen atoms in total. The number of piperazine rings is 1. The minimum absolute atomic E-state index is 0.394. The molecular weight excluding hydrogens is 268 g/mol. The summed E-state index contributed by atoms with van der Waals surface area (Å²) in [6.45, 7) is 5.97. The summed E-state index contributed by atoms with van der Waals surface area (Å²) < 4.78 is 5.72. The van der Waals surface area contributed by atoms with Crippen LogP contribution in [0.15, 0.2) is 24.3 Å². The highest BCUT2D eigenvalue weighted by Gasteiger charge is 2.31. The highest BCUT2D eigenvalue weighted by Crippen LogP contribution is 2.36. The van der Waals surface area contributed by atoms with Gasteiger partial charge < -0.3 is 9.84 Å². The zero-order valence-corrected chi connectivity index (χ0v) is 12.4. The van der Waals surface area contributed by atoms with Crippen LogP contribution >= 0.6 is 0 Å². The van der Waals surface area contributed by atoms with E-state index < -0.39 is 12.0 Å². The maximum absolute atomic E-state index is 11.1. The van der Waals surface area contributed by atoms with Crippen LogP contribution < -0.4 is 4.74 Å². The number of ether oxygens (including phenoxy) is 1. The molecule has 1 aromatic carbocycles. The number of benzene rings is 1. The Hall–Kier alpha value is -1.59. The number of hydrogen-bond donors (Lipinski definition) is 1. The monoisotopic (exact) mass is 290 g/mol. The summed E-state index contributed by atoms with van der Waals surface area (Å²) in [6, 6.07) is 8.25. The fourth-order valence-corrected chi connectivity index (χ4v) is 3.30. The normalized spacial score (nSPS) is 24.9. The topological polar surface area (TPSA) is 53.0 Å². The highest BCUT2D eigenvalue weighted by molar-refractivity contribution is 5.72. The lowest BCUT2D eigenvalue weighted by Crippen LogP contribution is -2.52. The molecular formula is C16H22N2O3. The number of para-hydroxylation sites is 1. The zero-order chi connectivity index (χ0) is 14.8. The minimum atomic E-state index is -0.736. The fraction of sp³-hybridized carbons (Fsp3) is 0.562. The van der Waals surface area contributed by atoms with Crippen molar-refractivity contribution in [3.05, 3.63) is 29.8 Å². The first-order chi connectivity index (χ1) is 10.2. The molecule has 21 heavy (non-hydrogen) atoms. The van der Waals surface area contributed by atoms with Gasteiger partial charge in [-0.2, -0.15) is 0 Å². The molecule has 2 unspecified atom stereocenters. The highest BCUT2D eigenvalue weighted by atomic mass is 16.5. The van der Waals surface area contributed by atoms with Crippen LogP contribution in [-0.4, -0.2) is 59.7 Å². The first-order valence-electron chi connectivity index (χ1n) is 7.59. The summed E-state index contributed by atoms with van der Waals surface area (Å²) in [6.07, 6.45) is 1.01. The van der Waals surface area contributed by atoms with Gasteiger partial charge >= 0.3 is 5.97 Å². The van der Waals surface area contributed by atoms with E-state index in [1.54, 1.807) is 6.92 Å². The van der Waals surface area contributed by atoms with Gasteiger partial charge in [0.15, 0.2) is 0 Å².